The minimum absolute atomic E-state index is 0.0400. The highest BCUT2D eigenvalue weighted by Crippen LogP contribution is 2.37. The van der Waals surface area contributed by atoms with Crippen molar-refractivity contribution in [3.05, 3.63) is 53.1 Å². The molecule has 4 rings (SSSR count). The summed E-state index contributed by atoms with van der Waals surface area (Å²) in [5.41, 5.74) is 3.46. The van der Waals surface area contributed by atoms with Crippen molar-refractivity contribution in [1.82, 2.24) is 15.5 Å². The number of alkyl carbamates (subject to hydrolysis) is 1. The van der Waals surface area contributed by atoms with Crippen molar-refractivity contribution in [2.45, 2.75) is 65.2 Å². The number of hydrogen-bond acceptors (Lipinski definition) is 7. The van der Waals surface area contributed by atoms with E-state index in [1.54, 1.807) is 18.2 Å². The Morgan fingerprint density at radius 2 is 2.06 bits per heavy atom. The minimum atomic E-state index is -0.557. The summed E-state index contributed by atoms with van der Waals surface area (Å²) in [5.74, 6) is 1.30. The van der Waals surface area contributed by atoms with Crippen LogP contribution in [0.15, 0.2) is 40.9 Å². The van der Waals surface area contributed by atoms with E-state index < -0.39 is 11.7 Å². The summed E-state index contributed by atoms with van der Waals surface area (Å²) in [6.07, 6.45) is 1.06. The highest BCUT2D eigenvalue weighted by Gasteiger charge is 2.29. The predicted molar refractivity (Wildman–Crippen MR) is 126 cm³/mol. The highest BCUT2D eigenvalue weighted by atomic mass is 16.6. The van der Waals surface area contributed by atoms with Crippen LogP contribution in [0.4, 0.5) is 4.79 Å². The Labute approximate surface area is 198 Å². The molecule has 0 aliphatic heterocycles. The van der Waals surface area contributed by atoms with Gasteiger partial charge in [-0.25, -0.2) is 4.79 Å². The zero-order chi connectivity index (χ0) is 24.5. The van der Waals surface area contributed by atoms with E-state index in [9.17, 15) is 10.1 Å². The first-order valence-corrected chi connectivity index (χ1v) is 11.3. The summed E-state index contributed by atoms with van der Waals surface area (Å²) in [6.45, 7) is 9.33. The standard InChI is InChI=1S/C26H28N4O4/c1-15(2)32-22-12-9-16(13-17(22)14-27)24-29-23(30-34-24)20-8-6-7-19-18(20)10-11-21(19)28-25(31)33-26(3,4)5/h6-9,12-13,15,21H,10-11H2,1-5H3,(H,28,31)/t21-/m0/s1. The van der Waals surface area contributed by atoms with Gasteiger partial charge in [0.25, 0.3) is 5.89 Å². The van der Waals surface area contributed by atoms with Gasteiger partial charge in [0.15, 0.2) is 0 Å². The first-order valence-electron chi connectivity index (χ1n) is 11.3. The molecule has 8 heteroatoms. The quantitative estimate of drug-likeness (QED) is 0.529. The smallest absolute Gasteiger partial charge is 0.408 e. The molecule has 1 heterocycles. The van der Waals surface area contributed by atoms with Gasteiger partial charge in [-0.1, -0.05) is 23.4 Å². The summed E-state index contributed by atoms with van der Waals surface area (Å²) >= 11 is 0. The average Bonchev–Trinajstić information content (AvgIpc) is 3.40. The molecule has 0 fully saturated rings. The number of carbonyl (C=O) groups excluding carboxylic acids is 1. The third-order valence-corrected chi connectivity index (χ3v) is 5.34. The molecule has 1 N–H and O–H groups in total. The molecule has 1 aromatic heterocycles. The molecule has 3 aromatic rings. The third kappa shape index (κ3) is 5.04. The number of amides is 1. The molecular weight excluding hydrogens is 432 g/mol. The van der Waals surface area contributed by atoms with Crippen LogP contribution in [0.2, 0.25) is 0 Å². The van der Waals surface area contributed by atoms with Gasteiger partial charge < -0.3 is 19.3 Å². The van der Waals surface area contributed by atoms with E-state index >= 15 is 0 Å². The third-order valence-electron chi connectivity index (χ3n) is 5.34. The molecule has 8 nitrogen and oxygen atoms in total. The van der Waals surface area contributed by atoms with Crippen molar-refractivity contribution in [3.8, 4) is 34.7 Å². The molecule has 1 aliphatic rings. The Hall–Kier alpha value is -3.86. The van der Waals surface area contributed by atoms with Crippen LogP contribution in [0.3, 0.4) is 0 Å². The Morgan fingerprint density at radius 3 is 2.76 bits per heavy atom. The van der Waals surface area contributed by atoms with Crippen molar-refractivity contribution in [2.24, 2.45) is 0 Å². The summed E-state index contributed by atoms with van der Waals surface area (Å²) in [5, 5.41) is 16.7. The minimum Gasteiger partial charge on any atom is -0.490 e. The summed E-state index contributed by atoms with van der Waals surface area (Å²) in [6, 6.07) is 13.1. The Bertz CT molecular complexity index is 1250. The lowest BCUT2D eigenvalue weighted by Gasteiger charge is -2.22. The van der Waals surface area contributed by atoms with Crippen molar-refractivity contribution in [3.63, 3.8) is 0 Å². The van der Waals surface area contributed by atoms with Crippen LogP contribution in [-0.2, 0) is 11.2 Å². The zero-order valence-corrected chi connectivity index (χ0v) is 20.0. The van der Waals surface area contributed by atoms with Crippen molar-refractivity contribution in [2.75, 3.05) is 0 Å². The first-order chi connectivity index (χ1) is 16.1. The van der Waals surface area contributed by atoms with Crippen LogP contribution in [0.25, 0.3) is 22.8 Å². The van der Waals surface area contributed by atoms with E-state index in [4.69, 9.17) is 14.0 Å². The lowest BCUT2D eigenvalue weighted by Crippen LogP contribution is -2.34. The molecule has 34 heavy (non-hydrogen) atoms. The molecule has 2 aromatic carbocycles. The second-order valence-corrected chi connectivity index (χ2v) is 9.52. The van der Waals surface area contributed by atoms with Gasteiger partial charge in [0, 0.05) is 11.1 Å². The largest absolute Gasteiger partial charge is 0.490 e. The van der Waals surface area contributed by atoms with E-state index in [1.807, 2.05) is 52.8 Å². The van der Waals surface area contributed by atoms with E-state index in [0.29, 0.717) is 28.6 Å². The maximum Gasteiger partial charge on any atom is 0.408 e. The zero-order valence-electron chi connectivity index (χ0n) is 20.0. The number of nitrogens with zero attached hydrogens (tertiary/aromatic N) is 3. The van der Waals surface area contributed by atoms with Crippen molar-refractivity contribution >= 4 is 6.09 Å². The maximum absolute atomic E-state index is 12.3. The second-order valence-electron chi connectivity index (χ2n) is 9.52. The van der Waals surface area contributed by atoms with Crippen LogP contribution in [0.1, 0.15) is 63.8 Å². The number of nitriles is 1. The molecular formula is C26H28N4O4. The summed E-state index contributed by atoms with van der Waals surface area (Å²) in [7, 11) is 0. The number of hydrogen-bond donors (Lipinski definition) is 1. The molecule has 0 saturated heterocycles. The number of rotatable bonds is 5. The van der Waals surface area contributed by atoms with E-state index in [-0.39, 0.29) is 12.1 Å². The van der Waals surface area contributed by atoms with E-state index in [1.165, 1.54) is 0 Å². The maximum atomic E-state index is 12.3. The fraction of sp³-hybridized carbons (Fsp3) is 0.385. The molecule has 176 valence electrons. The van der Waals surface area contributed by atoms with Gasteiger partial charge in [-0.2, -0.15) is 10.2 Å². The number of fused-ring (bicyclic) bond motifs is 1. The van der Waals surface area contributed by atoms with Gasteiger partial charge in [0.1, 0.15) is 17.4 Å². The lowest BCUT2D eigenvalue weighted by atomic mass is 10.0. The van der Waals surface area contributed by atoms with Gasteiger partial charge in [-0.15, -0.1) is 0 Å². The van der Waals surface area contributed by atoms with Gasteiger partial charge >= 0.3 is 6.09 Å². The van der Waals surface area contributed by atoms with Crippen molar-refractivity contribution < 1.29 is 18.8 Å². The van der Waals surface area contributed by atoms with Gasteiger partial charge in [-0.3, -0.25) is 0 Å². The van der Waals surface area contributed by atoms with Crippen LogP contribution in [0.5, 0.6) is 5.75 Å². The number of ether oxygens (including phenoxy) is 2. The van der Waals surface area contributed by atoms with Crippen LogP contribution >= 0.6 is 0 Å². The molecule has 0 radical (unpaired) electrons. The topological polar surface area (TPSA) is 110 Å². The monoisotopic (exact) mass is 460 g/mol. The van der Waals surface area contributed by atoms with E-state index in [2.05, 4.69) is 21.5 Å². The second kappa shape index (κ2) is 9.18. The number of nitrogens with one attached hydrogen (secondary N) is 1. The first kappa shape index (κ1) is 23.3. The SMILES string of the molecule is CC(C)Oc1ccc(-c2nc(-c3cccc4c3CC[C@@H]4NC(=O)OC(C)(C)C)no2)cc1C#N. The molecule has 0 unspecified atom stereocenters. The number of benzene rings is 2. The fourth-order valence-corrected chi connectivity index (χ4v) is 4.02. The number of aromatic nitrogens is 2. The van der Waals surface area contributed by atoms with Gasteiger partial charge in [0.05, 0.1) is 17.7 Å². The Balaban J connectivity index is 1.58. The molecule has 1 amide bonds. The molecule has 0 saturated carbocycles. The molecule has 1 atom stereocenters. The molecule has 1 aliphatic carbocycles. The van der Waals surface area contributed by atoms with Gasteiger partial charge in [-0.05, 0) is 76.8 Å². The Morgan fingerprint density at radius 1 is 1.26 bits per heavy atom. The van der Waals surface area contributed by atoms with Gasteiger partial charge in [0.2, 0.25) is 5.82 Å². The average molecular weight is 461 g/mol. The fourth-order valence-electron chi connectivity index (χ4n) is 4.02. The van der Waals surface area contributed by atoms with Crippen molar-refractivity contribution in [1.29, 1.82) is 5.26 Å². The highest BCUT2D eigenvalue weighted by molar-refractivity contribution is 5.71. The molecule has 0 spiro atoms. The molecule has 0 bridgehead atoms. The van der Waals surface area contributed by atoms with Crippen LogP contribution < -0.4 is 10.1 Å². The summed E-state index contributed by atoms with van der Waals surface area (Å²) in [4.78, 5) is 16.9. The number of carbonyl (C=O) groups is 1. The summed E-state index contributed by atoms with van der Waals surface area (Å²) < 4.78 is 16.6. The van der Waals surface area contributed by atoms with Crippen LogP contribution in [0, 0.1) is 11.3 Å². The van der Waals surface area contributed by atoms with E-state index in [0.717, 1.165) is 29.5 Å². The lowest BCUT2D eigenvalue weighted by molar-refractivity contribution is 0.0503. The Kier molecular flexibility index (Phi) is 6.29. The normalized spacial score (nSPS) is 15.0. The predicted octanol–water partition coefficient (Wildman–Crippen LogP) is 5.57. The van der Waals surface area contributed by atoms with Crippen LogP contribution in [-0.4, -0.2) is 27.9 Å².